The Morgan fingerprint density at radius 1 is 1.22 bits per heavy atom. The molecule has 0 saturated heterocycles. The molecule has 3 atom stereocenters. The maximum Gasteiger partial charge on any atom is 0.243 e. The zero-order valence-corrected chi connectivity index (χ0v) is 17.9. The van der Waals surface area contributed by atoms with E-state index in [1.54, 1.807) is 5.51 Å². The molecule has 1 aromatic rings. The normalized spacial score (nSPS) is 14.7. The molecule has 0 aromatic carbocycles. The van der Waals surface area contributed by atoms with Gasteiger partial charge in [0, 0.05) is 18.8 Å². The third-order valence-electron chi connectivity index (χ3n) is 4.54. The van der Waals surface area contributed by atoms with Crippen molar-refractivity contribution < 1.29 is 14.4 Å². The fourth-order valence-electron chi connectivity index (χ4n) is 2.52. The van der Waals surface area contributed by atoms with Gasteiger partial charge in [-0.1, -0.05) is 41.0 Å². The van der Waals surface area contributed by atoms with Crippen LogP contribution in [-0.2, 0) is 20.8 Å². The van der Waals surface area contributed by atoms with Crippen LogP contribution in [0.3, 0.4) is 0 Å². The first-order valence-electron chi connectivity index (χ1n) is 9.25. The minimum absolute atomic E-state index is 0.00812. The van der Waals surface area contributed by atoms with Crippen molar-refractivity contribution in [1.29, 1.82) is 0 Å². The molecular formula is C19H32N4O3S. The molecule has 3 N–H and O–H groups in total. The maximum absolute atomic E-state index is 12.8. The van der Waals surface area contributed by atoms with Gasteiger partial charge in [0.1, 0.15) is 6.04 Å². The SMILES string of the molecule is CC[C@H](C)[C@H](NC(C)=O)C(=O)NC(CNC(=O)Cc1cscn1)C(C)(C)C. The number of carbonyl (C=O) groups is 3. The summed E-state index contributed by atoms with van der Waals surface area (Å²) in [5, 5.41) is 10.5. The predicted molar refractivity (Wildman–Crippen MR) is 107 cm³/mol. The highest BCUT2D eigenvalue weighted by Crippen LogP contribution is 2.19. The summed E-state index contributed by atoms with van der Waals surface area (Å²) in [6.45, 7) is 11.6. The lowest BCUT2D eigenvalue weighted by molar-refractivity contribution is -0.130. The molecule has 7 nitrogen and oxygen atoms in total. The fourth-order valence-corrected chi connectivity index (χ4v) is 3.08. The summed E-state index contributed by atoms with van der Waals surface area (Å²) in [5.41, 5.74) is 2.16. The first-order valence-corrected chi connectivity index (χ1v) is 10.2. The van der Waals surface area contributed by atoms with E-state index < -0.39 is 6.04 Å². The fraction of sp³-hybridized carbons (Fsp3) is 0.684. The van der Waals surface area contributed by atoms with Crippen molar-refractivity contribution in [2.45, 2.75) is 66.5 Å². The molecule has 152 valence electrons. The first kappa shape index (κ1) is 23.1. The number of nitrogens with zero attached hydrogens (tertiary/aromatic N) is 1. The van der Waals surface area contributed by atoms with Crippen molar-refractivity contribution in [3.63, 3.8) is 0 Å². The molecule has 3 amide bonds. The van der Waals surface area contributed by atoms with Gasteiger partial charge in [0.05, 0.1) is 23.7 Å². The van der Waals surface area contributed by atoms with Gasteiger partial charge in [-0.15, -0.1) is 11.3 Å². The van der Waals surface area contributed by atoms with E-state index in [0.717, 1.165) is 12.1 Å². The number of thiazole rings is 1. The largest absolute Gasteiger partial charge is 0.354 e. The van der Waals surface area contributed by atoms with Crippen LogP contribution in [0.25, 0.3) is 0 Å². The quantitative estimate of drug-likeness (QED) is 0.593. The number of hydrogen-bond acceptors (Lipinski definition) is 5. The van der Waals surface area contributed by atoms with E-state index in [2.05, 4.69) is 20.9 Å². The van der Waals surface area contributed by atoms with Gasteiger partial charge in [0.25, 0.3) is 0 Å². The molecule has 8 heteroatoms. The van der Waals surface area contributed by atoms with Gasteiger partial charge < -0.3 is 16.0 Å². The Hall–Kier alpha value is -1.96. The molecule has 1 aromatic heterocycles. The highest BCUT2D eigenvalue weighted by atomic mass is 32.1. The summed E-state index contributed by atoms with van der Waals surface area (Å²) in [7, 11) is 0. The summed E-state index contributed by atoms with van der Waals surface area (Å²) in [6.07, 6.45) is 0.985. The Balaban J connectivity index is 2.73. The molecule has 27 heavy (non-hydrogen) atoms. The Morgan fingerprint density at radius 2 is 1.89 bits per heavy atom. The molecule has 0 aliphatic rings. The van der Waals surface area contributed by atoms with E-state index in [1.807, 2.05) is 40.0 Å². The summed E-state index contributed by atoms with van der Waals surface area (Å²) in [5.74, 6) is -0.592. The van der Waals surface area contributed by atoms with Gasteiger partial charge in [-0.05, 0) is 11.3 Å². The van der Waals surface area contributed by atoms with Crippen molar-refractivity contribution in [3.8, 4) is 0 Å². The van der Waals surface area contributed by atoms with E-state index in [-0.39, 0.29) is 41.5 Å². The van der Waals surface area contributed by atoms with Gasteiger partial charge in [-0.2, -0.15) is 0 Å². The third kappa shape index (κ3) is 8.07. The third-order valence-corrected chi connectivity index (χ3v) is 5.18. The average Bonchev–Trinajstić information content (AvgIpc) is 3.07. The number of nitrogens with one attached hydrogen (secondary N) is 3. The van der Waals surface area contributed by atoms with Crippen LogP contribution in [0.15, 0.2) is 10.9 Å². The van der Waals surface area contributed by atoms with Crippen molar-refractivity contribution >= 4 is 29.1 Å². The summed E-state index contributed by atoms with van der Waals surface area (Å²) < 4.78 is 0. The van der Waals surface area contributed by atoms with Crippen LogP contribution in [0.1, 0.15) is 53.7 Å². The lowest BCUT2D eigenvalue weighted by atomic mass is 9.86. The van der Waals surface area contributed by atoms with Gasteiger partial charge in [-0.25, -0.2) is 4.98 Å². The van der Waals surface area contributed by atoms with Crippen LogP contribution in [0.4, 0.5) is 0 Å². The molecule has 0 bridgehead atoms. The van der Waals surface area contributed by atoms with Crippen LogP contribution >= 0.6 is 11.3 Å². The topological polar surface area (TPSA) is 100 Å². The number of aromatic nitrogens is 1. The Kier molecular flexibility index (Phi) is 8.88. The van der Waals surface area contributed by atoms with E-state index in [9.17, 15) is 14.4 Å². The zero-order chi connectivity index (χ0) is 20.6. The summed E-state index contributed by atoms with van der Waals surface area (Å²) in [6, 6.07) is -0.868. The molecule has 0 radical (unpaired) electrons. The van der Waals surface area contributed by atoms with Crippen LogP contribution < -0.4 is 16.0 Å². The molecular weight excluding hydrogens is 364 g/mol. The lowest BCUT2D eigenvalue weighted by Crippen LogP contribution is -2.57. The number of rotatable bonds is 9. The summed E-state index contributed by atoms with van der Waals surface area (Å²) in [4.78, 5) is 40.5. The number of carbonyl (C=O) groups excluding carboxylic acids is 3. The van der Waals surface area contributed by atoms with Crippen LogP contribution in [0.2, 0.25) is 0 Å². The van der Waals surface area contributed by atoms with Gasteiger partial charge in [0.15, 0.2) is 0 Å². The molecule has 1 unspecified atom stereocenters. The number of hydrogen-bond donors (Lipinski definition) is 3. The van der Waals surface area contributed by atoms with E-state index in [0.29, 0.717) is 6.54 Å². The Bertz CT molecular complexity index is 625. The van der Waals surface area contributed by atoms with Gasteiger partial charge in [-0.3, -0.25) is 14.4 Å². The van der Waals surface area contributed by atoms with Crippen molar-refractivity contribution in [2.24, 2.45) is 11.3 Å². The van der Waals surface area contributed by atoms with Gasteiger partial charge >= 0.3 is 0 Å². The highest BCUT2D eigenvalue weighted by molar-refractivity contribution is 7.07. The zero-order valence-electron chi connectivity index (χ0n) is 17.1. The standard InChI is InChI=1S/C19H32N4O3S/c1-7-12(2)17(22-13(3)24)18(26)23-15(19(4,5)6)9-20-16(25)8-14-10-27-11-21-14/h10-12,15,17H,7-9H2,1-6H3,(H,20,25)(H,22,24)(H,23,26)/t12-,15?,17-/m0/s1. The molecule has 1 rings (SSSR count). The monoisotopic (exact) mass is 396 g/mol. The summed E-state index contributed by atoms with van der Waals surface area (Å²) >= 11 is 1.45. The maximum atomic E-state index is 12.8. The Morgan fingerprint density at radius 3 is 2.37 bits per heavy atom. The minimum Gasteiger partial charge on any atom is -0.354 e. The van der Waals surface area contributed by atoms with Crippen molar-refractivity contribution in [1.82, 2.24) is 20.9 Å². The van der Waals surface area contributed by atoms with Crippen LogP contribution in [0.5, 0.6) is 0 Å². The molecule has 0 aliphatic heterocycles. The van der Waals surface area contributed by atoms with Crippen molar-refractivity contribution in [2.75, 3.05) is 6.54 Å². The molecule has 0 spiro atoms. The van der Waals surface area contributed by atoms with Gasteiger partial charge in [0.2, 0.25) is 17.7 Å². The van der Waals surface area contributed by atoms with E-state index in [4.69, 9.17) is 0 Å². The highest BCUT2D eigenvalue weighted by Gasteiger charge is 2.31. The smallest absolute Gasteiger partial charge is 0.243 e. The van der Waals surface area contributed by atoms with E-state index in [1.165, 1.54) is 18.3 Å². The average molecular weight is 397 g/mol. The second-order valence-electron chi connectivity index (χ2n) is 7.95. The molecule has 1 heterocycles. The molecule has 0 fully saturated rings. The minimum atomic E-state index is -0.594. The lowest BCUT2D eigenvalue weighted by Gasteiger charge is -2.34. The van der Waals surface area contributed by atoms with E-state index >= 15 is 0 Å². The number of amides is 3. The second-order valence-corrected chi connectivity index (χ2v) is 8.67. The Labute approximate surface area is 165 Å². The predicted octanol–water partition coefficient (Wildman–Crippen LogP) is 1.88. The van der Waals surface area contributed by atoms with Crippen molar-refractivity contribution in [3.05, 3.63) is 16.6 Å². The molecule has 0 aliphatic carbocycles. The molecule has 0 saturated carbocycles. The first-order chi connectivity index (χ1) is 12.5. The van der Waals surface area contributed by atoms with Crippen LogP contribution in [-0.4, -0.2) is 41.3 Å². The van der Waals surface area contributed by atoms with Crippen LogP contribution in [0, 0.1) is 11.3 Å². The second kappa shape index (κ2) is 10.4.